The topological polar surface area (TPSA) is 0 Å². The van der Waals surface area contributed by atoms with Crippen LogP contribution in [-0.4, -0.2) is 13.4 Å². The molecule has 36 heavy (non-hydrogen) atoms. The van der Waals surface area contributed by atoms with Crippen LogP contribution in [-0.2, 0) is 0 Å². The van der Waals surface area contributed by atoms with Gasteiger partial charge in [0.2, 0.25) is 0 Å². The van der Waals surface area contributed by atoms with E-state index in [1.165, 1.54) is 0 Å². The van der Waals surface area contributed by atoms with E-state index in [2.05, 4.69) is 0 Å². The Kier molecular flexibility index (Phi) is 6.35. The molecule has 0 aliphatic heterocycles. The van der Waals surface area contributed by atoms with Crippen molar-refractivity contribution in [3.63, 3.8) is 0 Å². The van der Waals surface area contributed by atoms with Crippen LogP contribution in [0.4, 0.5) is 72.8 Å². The fourth-order valence-electron chi connectivity index (χ4n) is 3.15. The molecule has 0 radical (unpaired) electrons. The fourth-order valence-corrected chi connectivity index (χ4v) is 10.1. The van der Waals surface area contributed by atoms with Crippen LogP contribution >= 0.6 is 0 Å². The number of rotatable bonds is 3. The quantitative estimate of drug-likeness (QED) is 0.166. The summed E-state index contributed by atoms with van der Waals surface area (Å²) in [6, 6.07) is 0. The summed E-state index contributed by atoms with van der Waals surface area (Å²) in [5.74, 6) is -53.0. The molecule has 0 heterocycles. The third-order valence-electron chi connectivity index (χ3n) is 4.74. The molecule has 18 heteroatoms. The van der Waals surface area contributed by atoms with Crippen molar-refractivity contribution in [1.29, 1.82) is 0 Å². The van der Waals surface area contributed by atoms with Gasteiger partial charge in [0.25, 0.3) is 0 Å². The summed E-state index contributed by atoms with van der Waals surface area (Å²) in [6.45, 7) is 0. The maximum absolute atomic E-state index is 16.4. The van der Waals surface area contributed by atoms with Gasteiger partial charge in [-0.25, -0.2) is 0 Å². The molecule has 0 N–H and O–H groups in total. The molecule has 3 aromatic carbocycles. The van der Waals surface area contributed by atoms with Gasteiger partial charge in [-0.15, -0.1) is 0 Å². The molecule has 0 aliphatic rings. The molecule has 0 atom stereocenters. The van der Waals surface area contributed by atoms with Crippen molar-refractivity contribution < 1.29 is 72.8 Å². The Hall–Kier alpha value is -2.97. The van der Waals surface area contributed by atoms with Crippen molar-refractivity contribution in [3.8, 4) is 0 Å². The zero-order valence-corrected chi connectivity index (χ0v) is 17.7. The average Bonchev–Trinajstić information content (AvgIpc) is 2.81. The summed E-state index contributed by atoms with van der Waals surface area (Å²) in [7, 11) is 0. The van der Waals surface area contributed by atoms with Gasteiger partial charge in [0.05, 0.1) is 0 Å². The van der Waals surface area contributed by atoms with E-state index >= 15 is 6.93 Å². The van der Waals surface area contributed by atoms with E-state index in [1.807, 2.05) is 0 Å². The van der Waals surface area contributed by atoms with E-state index in [1.54, 1.807) is 0 Å². The molecule has 3 rings (SSSR count). The van der Waals surface area contributed by atoms with Crippen LogP contribution < -0.4 is 13.1 Å². The van der Waals surface area contributed by atoms with Gasteiger partial charge in [-0.05, 0) is 0 Å². The average molecular weight is 614 g/mol. The molecule has 0 amide bonds. The first-order valence-corrected chi connectivity index (χ1v) is 12.6. The van der Waals surface area contributed by atoms with Crippen LogP contribution in [0.1, 0.15) is 0 Å². The van der Waals surface area contributed by atoms with Gasteiger partial charge in [-0.3, -0.25) is 0 Å². The number of hydrogen-bond acceptors (Lipinski definition) is 0. The van der Waals surface area contributed by atoms with E-state index in [4.69, 9.17) is 0 Å². The van der Waals surface area contributed by atoms with Gasteiger partial charge in [-0.2, -0.15) is 0 Å². The van der Waals surface area contributed by atoms with Crippen LogP contribution in [0.2, 0.25) is 0 Å². The molecule has 196 valence electrons. The van der Waals surface area contributed by atoms with Crippen molar-refractivity contribution in [1.82, 2.24) is 0 Å². The second-order valence-corrected chi connectivity index (χ2v) is 13.3. The van der Waals surface area contributed by atoms with Gasteiger partial charge in [-0.1, -0.05) is 0 Å². The van der Waals surface area contributed by atoms with Gasteiger partial charge in [0.15, 0.2) is 0 Å². The molecule has 0 bridgehead atoms. The van der Waals surface area contributed by atoms with Gasteiger partial charge < -0.3 is 0 Å². The van der Waals surface area contributed by atoms with Crippen molar-refractivity contribution in [3.05, 3.63) is 87.3 Å². The third-order valence-corrected chi connectivity index (χ3v) is 12.2. The van der Waals surface area contributed by atoms with Crippen molar-refractivity contribution in [2.24, 2.45) is 0 Å². The summed E-state index contributed by atoms with van der Waals surface area (Å²) in [6.07, 6.45) is 0. The minimum atomic E-state index is -10.9. The number of hydrogen-bond donors (Lipinski definition) is 0. The molecule has 0 unspecified atom stereocenters. The van der Waals surface area contributed by atoms with Crippen LogP contribution in [0, 0.1) is 87.3 Å². The van der Waals surface area contributed by atoms with Crippen LogP contribution in [0.5, 0.6) is 0 Å². The molecular formula is C18AsF17. The van der Waals surface area contributed by atoms with E-state index < -0.39 is 114 Å². The van der Waals surface area contributed by atoms with E-state index in [9.17, 15) is 65.9 Å². The Morgan fingerprint density at radius 1 is 0.222 bits per heavy atom. The summed E-state index contributed by atoms with van der Waals surface area (Å²) < 4.78 is 230. The van der Waals surface area contributed by atoms with Gasteiger partial charge in [0, 0.05) is 0 Å². The maximum atomic E-state index is 16.4. The van der Waals surface area contributed by atoms with Crippen LogP contribution in [0.3, 0.4) is 0 Å². The van der Waals surface area contributed by atoms with E-state index in [0.29, 0.717) is 0 Å². The number of halogens is 17. The Morgan fingerprint density at radius 3 is 0.472 bits per heavy atom. The van der Waals surface area contributed by atoms with Crippen molar-refractivity contribution in [2.45, 2.75) is 0 Å². The first-order valence-electron chi connectivity index (χ1n) is 8.34. The second kappa shape index (κ2) is 8.28. The monoisotopic (exact) mass is 614 g/mol. The minimum absolute atomic E-state index is 3.25. The molecule has 3 aromatic rings. The third kappa shape index (κ3) is 3.23. The molecular weight excluding hydrogens is 614 g/mol. The summed E-state index contributed by atoms with van der Waals surface area (Å²) in [5, 5.41) is 0. The summed E-state index contributed by atoms with van der Waals surface area (Å²) in [4.78, 5) is 0. The Balaban J connectivity index is 2.88. The summed E-state index contributed by atoms with van der Waals surface area (Å²) >= 11 is -10.9. The first kappa shape index (κ1) is 27.6. The predicted molar refractivity (Wildman–Crippen MR) is 85.6 cm³/mol. The van der Waals surface area contributed by atoms with Crippen molar-refractivity contribution >= 4 is 26.4 Å². The summed E-state index contributed by atoms with van der Waals surface area (Å²) in [5.41, 5.74) is 0. The zero-order valence-electron chi connectivity index (χ0n) is 15.9. The Morgan fingerprint density at radius 2 is 0.333 bits per heavy atom. The normalized spacial score (nSPS) is 13.2. The molecule has 0 spiro atoms. The van der Waals surface area contributed by atoms with Crippen LogP contribution in [0.15, 0.2) is 0 Å². The molecule has 0 saturated heterocycles. The standard InChI is InChI=1S/C18AsF17/c20-4-1(5(21)11(27)16(32)10(4)26)19(35,36,2-6(22)12(28)17(33)13(29)7(2)23)3-8(24)14(30)18(34)15(31)9(3)25. The number of benzene rings is 3. The zero-order chi connectivity index (χ0) is 27.8. The SMILES string of the molecule is Fc1c(F)c(F)c([As](F)(F)(c2c(F)c(F)c(F)c(F)c2F)c2c(F)c(F)c(F)c(F)c2F)c(F)c1F. The van der Waals surface area contributed by atoms with Gasteiger partial charge in [0.1, 0.15) is 0 Å². The molecule has 0 fully saturated rings. The van der Waals surface area contributed by atoms with Crippen LogP contribution in [0.25, 0.3) is 0 Å². The Bertz CT molecular complexity index is 1220. The second-order valence-electron chi connectivity index (χ2n) is 6.66. The molecule has 0 aliphatic carbocycles. The molecule has 0 saturated carbocycles. The first-order chi connectivity index (χ1) is 16.3. The van der Waals surface area contributed by atoms with Crippen molar-refractivity contribution in [2.75, 3.05) is 0 Å². The van der Waals surface area contributed by atoms with E-state index in [-0.39, 0.29) is 0 Å². The molecule has 0 nitrogen and oxygen atoms in total. The molecule has 0 aromatic heterocycles. The van der Waals surface area contributed by atoms with Gasteiger partial charge >= 0.3 is 186 Å². The Labute approximate surface area is 187 Å². The predicted octanol–water partition coefficient (Wildman–Crippen LogP) is 5.13. The fraction of sp³-hybridized carbons (Fsp3) is 0. The van der Waals surface area contributed by atoms with E-state index in [0.717, 1.165) is 0 Å².